The average Bonchev–Trinajstić information content (AvgIpc) is 2.60. The van der Waals surface area contributed by atoms with Gasteiger partial charge < -0.3 is 5.73 Å². The van der Waals surface area contributed by atoms with Gasteiger partial charge in [0.25, 0.3) is 0 Å². The fraction of sp³-hybridized carbons (Fsp3) is 0.273. The maximum atomic E-state index is 6.44. The first-order chi connectivity index (χ1) is 11.1. The average molecular weight is 305 g/mol. The lowest BCUT2D eigenvalue weighted by Gasteiger charge is -2.27. The molecule has 120 valence electrons. The van der Waals surface area contributed by atoms with E-state index in [1.807, 2.05) is 0 Å². The molecular weight excluding hydrogens is 278 g/mol. The standard InChI is InChI=1S/C22H27N/c1-4-22(23,5-2)21-16-14-20(15-17-21)9-7-6-8-19-12-10-18(3)11-13-19/h6-17H,4-5,23H2,1-3H3/b8-6+,9-7+. The molecule has 23 heavy (non-hydrogen) atoms. The van der Waals surface area contributed by atoms with E-state index in [-0.39, 0.29) is 5.54 Å². The topological polar surface area (TPSA) is 26.0 Å². The SMILES string of the molecule is CCC(N)(CC)c1ccc(/C=C/C=C/c2ccc(C)cc2)cc1. The van der Waals surface area contributed by atoms with Gasteiger partial charge in [0.1, 0.15) is 0 Å². The summed E-state index contributed by atoms with van der Waals surface area (Å²) in [5.74, 6) is 0. The molecule has 0 spiro atoms. The Kier molecular flexibility index (Phi) is 5.95. The summed E-state index contributed by atoms with van der Waals surface area (Å²) in [6, 6.07) is 17.1. The second-order valence-corrected chi connectivity index (χ2v) is 6.11. The number of hydrogen-bond donors (Lipinski definition) is 1. The normalized spacial score (nSPS) is 12.3. The van der Waals surface area contributed by atoms with Crippen molar-refractivity contribution in [3.63, 3.8) is 0 Å². The highest BCUT2D eigenvalue weighted by molar-refractivity contribution is 5.57. The second kappa shape index (κ2) is 7.94. The van der Waals surface area contributed by atoms with Crippen LogP contribution in [0.1, 0.15) is 48.9 Å². The quantitative estimate of drug-likeness (QED) is 0.681. The van der Waals surface area contributed by atoms with Gasteiger partial charge in [0, 0.05) is 5.54 Å². The molecule has 2 N–H and O–H groups in total. The van der Waals surface area contributed by atoms with Crippen molar-refractivity contribution in [2.24, 2.45) is 5.73 Å². The molecule has 1 nitrogen and oxygen atoms in total. The summed E-state index contributed by atoms with van der Waals surface area (Å²) in [5.41, 5.74) is 11.1. The Bertz CT molecular complexity index is 656. The lowest BCUT2D eigenvalue weighted by atomic mass is 9.85. The molecule has 0 unspecified atom stereocenters. The van der Waals surface area contributed by atoms with E-state index in [9.17, 15) is 0 Å². The molecule has 0 aliphatic rings. The molecule has 0 bridgehead atoms. The van der Waals surface area contributed by atoms with Crippen LogP contribution in [0.3, 0.4) is 0 Å². The summed E-state index contributed by atoms with van der Waals surface area (Å²) in [5, 5.41) is 0. The van der Waals surface area contributed by atoms with E-state index >= 15 is 0 Å². The van der Waals surface area contributed by atoms with Gasteiger partial charge in [0.2, 0.25) is 0 Å². The summed E-state index contributed by atoms with van der Waals surface area (Å²) < 4.78 is 0. The Balaban J connectivity index is 2.02. The van der Waals surface area contributed by atoms with E-state index in [0.29, 0.717) is 0 Å². The minimum atomic E-state index is -0.201. The fourth-order valence-corrected chi connectivity index (χ4v) is 2.60. The number of benzene rings is 2. The van der Waals surface area contributed by atoms with Crippen molar-refractivity contribution in [2.45, 2.75) is 39.2 Å². The molecule has 0 aromatic heterocycles. The van der Waals surface area contributed by atoms with Crippen LogP contribution in [0.25, 0.3) is 12.2 Å². The first-order valence-corrected chi connectivity index (χ1v) is 8.38. The van der Waals surface area contributed by atoms with Gasteiger partial charge in [-0.15, -0.1) is 0 Å². The number of aryl methyl sites for hydroxylation is 1. The second-order valence-electron chi connectivity index (χ2n) is 6.11. The summed E-state index contributed by atoms with van der Waals surface area (Å²) in [4.78, 5) is 0. The third kappa shape index (κ3) is 4.67. The van der Waals surface area contributed by atoms with Gasteiger partial charge in [-0.1, -0.05) is 92.2 Å². The van der Waals surface area contributed by atoms with Gasteiger partial charge >= 0.3 is 0 Å². The fourth-order valence-electron chi connectivity index (χ4n) is 2.60. The first-order valence-electron chi connectivity index (χ1n) is 8.38. The Morgan fingerprint density at radius 2 is 1.22 bits per heavy atom. The Labute approximate surface area is 140 Å². The van der Waals surface area contributed by atoms with Crippen molar-refractivity contribution in [3.8, 4) is 0 Å². The molecule has 0 saturated heterocycles. The third-order valence-corrected chi connectivity index (χ3v) is 4.51. The molecule has 0 atom stereocenters. The van der Waals surface area contributed by atoms with Crippen LogP contribution in [0.4, 0.5) is 0 Å². The molecule has 0 radical (unpaired) electrons. The number of nitrogens with two attached hydrogens (primary N) is 1. The highest BCUT2D eigenvalue weighted by Gasteiger charge is 2.22. The Hall–Kier alpha value is -2.12. The zero-order valence-electron chi connectivity index (χ0n) is 14.4. The van der Waals surface area contributed by atoms with Gasteiger partial charge in [0.05, 0.1) is 0 Å². The zero-order chi connectivity index (χ0) is 16.7. The molecule has 0 amide bonds. The van der Waals surface area contributed by atoms with Crippen molar-refractivity contribution < 1.29 is 0 Å². The predicted octanol–water partition coefficient (Wildman–Crippen LogP) is 5.70. The van der Waals surface area contributed by atoms with Crippen LogP contribution in [-0.2, 0) is 5.54 Å². The molecular formula is C22H27N. The molecule has 2 aromatic carbocycles. The van der Waals surface area contributed by atoms with Crippen molar-refractivity contribution in [2.75, 3.05) is 0 Å². The minimum Gasteiger partial charge on any atom is -0.321 e. The monoisotopic (exact) mass is 305 g/mol. The zero-order valence-corrected chi connectivity index (χ0v) is 14.4. The molecule has 0 aliphatic heterocycles. The highest BCUT2D eigenvalue weighted by Crippen LogP contribution is 2.25. The van der Waals surface area contributed by atoms with Crippen LogP contribution >= 0.6 is 0 Å². The van der Waals surface area contributed by atoms with Crippen LogP contribution in [0.15, 0.2) is 60.7 Å². The number of hydrogen-bond acceptors (Lipinski definition) is 1. The summed E-state index contributed by atoms with van der Waals surface area (Å²) in [6.45, 7) is 6.39. The molecule has 0 saturated carbocycles. The lowest BCUT2D eigenvalue weighted by molar-refractivity contribution is 0.413. The number of rotatable bonds is 6. The van der Waals surface area contributed by atoms with Gasteiger partial charge in [-0.3, -0.25) is 0 Å². The van der Waals surface area contributed by atoms with Crippen molar-refractivity contribution in [1.29, 1.82) is 0 Å². The van der Waals surface area contributed by atoms with Crippen molar-refractivity contribution in [3.05, 3.63) is 82.9 Å². The van der Waals surface area contributed by atoms with E-state index in [4.69, 9.17) is 5.73 Å². The van der Waals surface area contributed by atoms with E-state index in [2.05, 4.69) is 93.6 Å². The number of allylic oxidation sites excluding steroid dienone is 2. The van der Waals surface area contributed by atoms with Crippen LogP contribution in [0.5, 0.6) is 0 Å². The van der Waals surface area contributed by atoms with E-state index in [1.165, 1.54) is 22.3 Å². The highest BCUT2D eigenvalue weighted by atomic mass is 14.7. The van der Waals surface area contributed by atoms with Crippen LogP contribution in [0, 0.1) is 6.92 Å². The van der Waals surface area contributed by atoms with Crippen molar-refractivity contribution in [1.82, 2.24) is 0 Å². The molecule has 0 fully saturated rings. The van der Waals surface area contributed by atoms with Crippen LogP contribution in [-0.4, -0.2) is 0 Å². The molecule has 1 heteroatoms. The maximum absolute atomic E-state index is 6.44. The summed E-state index contributed by atoms with van der Waals surface area (Å²) in [7, 11) is 0. The van der Waals surface area contributed by atoms with Gasteiger partial charge in [-0.25, -0.2) is 0 Å². The van der Waals surface area contributed by atoms with Gasteiger partial charge in [-0.2, -0.15) is 0 Å². The van der Waals surface area contributed by atoms with Crippen LogP contribution in [0.2, 0.25) is 0 Å². The largest absolute Gasteiger partial charge is 0.321 e. The first kappa shape index (κ1) is 17.2. The van der Waals surface area contributed by atoms with Crippen molar-refractivity contribution >= 4 is 12.2 Å². The van der Waals surface area contributed by atoms with Gasteiger partial charge in [0.15, 0.2) is 0 Å². The summed E-state index contributed by atoms with van der Waals surface area (Å²) >= 11 is 0. The van der Waals surface area contributed by atoms with Crippen LogP contribution < -0.4 is 5.73 Å². The third-order valence-electron chi connectivity index (χ3n) is 4.51. The Morgan fingerprint density at radius 1 is 0.783 bits per heavy atom. The molecule has 2 aromatic rings. The van der Waals surface area contributed by atoms with E-state index in [1.54, 1.807) is 0 Å². The minimum absolute atomic E-state index is 0.201. The molecule has 0 aliphatic carbocycles. The summed E-state index contributed by atoms with van der Waals surface area (Å²) in [6.07, 6.45) is 10.3. The van der Waals surface area contributed by atoms with Gasteiger partial charge in [-0.05, 0) is 36.5 Å². The smallest absolute Gasteiger partial charge is 0.0404 e. The van der Waals surface area contributed by atoms with E-state index < -0.39 is 0 Å². The Morgan fingerprint density at radius 3 is 1.65 bits per heavy atom. The van der Waals surface area contributed by atoms with E-state index in [0.717, 1.165) is 12.8 Å². The maximum Gasteiger partial charge on any atom is 0.0404 e. The molecule has 0 heterocycles. The lowest BCUT2D eigenvalue weighted by Crippen LogP contribution is -2.34. The molecule has 2 rings (SSSR count). The predicted molar refractivity (Wildman–Crippen MR) is 102 cm³/mol.